The molecule has 26 heavy (non-hydrogen) atoms. The number of aromatic nitrogens is 2. The third kappa shape index (κ3) is 3.62. The number of hydrogen-bond acceptors (Lipinski definition) is 2. The third-order valence-corrected chi connectivity index (χ3v) is 4.43. The lowest BCUT2D eigenvalue weighted by atomic mass is 10.0. The van der Waals surface area contributed by atoms with Gasteiger partial charge in [-0.15, -0.1) is 0 Å². The van der Waals surface area contributed by atoms with E-state index in [-0.39, 0.29) is 5.92 Å². The van der Waals surface area contributed by atoms with Gasteiger partial charge in [-0.2, -0.15) is 0 Å². The van der Waals surface area contributed by atoms with E-state index < -0.39 is 11.6 Å². The minimum Gasteiger partial charge on any atom is -0.496 e. The second-order valence-corrected chi connectivity index (χ2v) is 6.51. The summed E-state index contributed by atoms with van der Waals surface area (Å²) in [4.78, 5) is 4.42. The van der Waals surface area contributed by atoms with Crippen LogP contribution in [-0.4, -0.2) is 16.7 Å². The number of methoxy groups -OCH3 is 1. The van der Waals surface area contributed by atoms with Gasteiger partial charge < -0.3 is 9.30 Å². The molecule has 3 nitrogen and oxygen atoms in total. The topological polar surface area (TPSA) is 27.1 Å². The summed E-state index contributed by atoms with van der Waals surface area (Å²) >= 11 is 0. The normalized spacial score (nSPS) is 11.2. The van der Waals surface area contributed by atoms with Crippen LogP contribution >= 0.6 is 0 Å². The first-order chi connectivity index (χ1) is 12.5. The summed E-state index contributed by atoms with van der Waals surface area (Å²) in [6.07, 6.45) is 2.49. The second kappa shape index (κ2) is 7.68. The van der Waals surface area contributed by atoms with Crippen molar-refractivity contribution < 1.29 is 13.5 Å². The van der Waals surface area contributed by atoms with E-state index in [1.807, 2.05) is 42.7 Å². The standard InChI is InChI=1S/C21H22F2N2O/c1-14(2)21-20(17-9-8-16(22)12-18(17)23)24-13-25(21)11-10-15-6-4-5-7-19(15)26-3/h4-9,12-14H,10-11H2,1-3H3. The zero-order valence-electron chi connectivity index (χ0n) is 15.2. The molecule has 0 atom stereocenters. The highest BCUT2D eigenvalue weighted by Gasteiger charge is 2.19. The van der Waals surface area contributed by atoms with E-state index in [2.05, 4.69) is 4.98 Å². The summed E-state index contributed by atoms with van der Waals surface area (Å²) in [5, 5.41) is 0. The van der Waals surface area contributed by atoms with Crippen molar-refractivity contribution in [2.75, 3.05) is 7.11 Å². The van der Waals surface area contributed by atoms with Gasteiger partial charge in [-0.05, 0) is 36.1 Å². The molecule has 2 aromatic carbocycles. The Morgan fingerprint density at radius 2 is 1.88 bits per heavy atom. The van der Waals surface area contributed by atoms with Gasteiger partial charge in [0.05, 0.1) is 19.1 Å². The Kier molecular flexibility index (Phi) is 5.35. The molecule has 0 bridgehead atoms. The highest BCUT2D eigenvalue weighted by Crippen LogP contribution is 2.31. The Labute approximate surface area is 152 Å². The van der Waals surface area contributed by atoms with Gasteiger partial charge in [-0.3, -0.25) is 0 Å². The fraction of sp³-hybridized carbons (Fsp3) is 0.286. The summed E-state index contributed by atoms with van der Waals surface area (Å²) in [6.45, 7) is 4.78. The van der Waals surface area contributed by atoms with Crippen molar-refractivity contribution in [1.82, 2.24) is 9.55 Å². The van der Waals surface area contributed by atoms with Crippen LogP contribution in [0.5, 0.6) is 5.75 Å². The lowest BCUT2D eigenvalue weighted by Crippen LogP contribution is -2.07. The van der Waals surface area contributed by atoms with Gasteiger partial charge in [0.25, 0.3) is 0 Å². The molecule has 0 saturated carbocycles. The molecule has 136 valence electrons. The van der Waals surface area contributed by atoms with E-state index in [0.29, 0.717) is 17.8 Å². The first-order valence-corrected chi connectivity index (χ1v) is 8.63. The molecular weight excluding hydrogens is 334 g/mol. The van der Waals surface area contributed by atoms with Crippen LogP contribution in [0.25, 0.3) is 11.3 Å². The number of hydrogen-bond donors (Lipinski definition) is 0. The smallest absolute Gasteiger partial charge is 0.135 e. The van der Waals surface area contributed by atoms with E-state index in [4.69, 9.17) is 4.74 Å². The number of benzene rings is 2. The lowest BCUT2D eigenvalue weighted by molar-refractivity contribution is 0.408. The maximum atomic E-state index is 14.2. The number of para-hydroxylation sites is 1. The summed E-state index contributed by atoms with van der Waals surface area (Å²) in [5.41, 5.74) is 2.93. The Morgan fingerprint density at radius 3 is 2.58 bits per heavy atom. The zero-order valence-corrected chi connectivity index (χ0v) is 15.2. The molecule has 3 aromatic rings. The number of rotatable bonds is 6. The van der Waals surface area contributed by atoms with Gasteiger partial charge in [0.1, 0.15) is 17.4 Å². The Morgan fingerprint density at radius 1 is 1.12 bits per heavy atom. The number of halogens is 2. The molecule has 1 aromatic heterocycles. The summed E-state index contributed by atoms with van der Waals surface area (Å²) in [5.74, 6) is -0.187. The third-order valence-electron chi connectivity index (χ3n) is 4.43. The van der Waals surface area contributed by atoms with E-state index in [1.165, 1.54) is 12.1 Å². The summed E-state index contributed by atoms with van der Waals surface area (Å²) in [6, 6.07) is 11.5. The average Bonchev–Trinajstić information content (AvgIpc) is 3.04. The van der Waals surface area contributed by atoms with Crippen LogP contribution in [0.4, 0.5) is 8.78 Å². The van der Waals surface area contributed by atoms with E-state index in [1.54, 1.807) is 13.4 Å². The Hall–Kier alpha value is -2.69. The summed E-state index contributed by atoms with van der Waals surface area (Å²) in [7, 11) is 1.66. The molecular formula is C21H22F2N2O. The van der Waals surface area contributed by atoms with Crippen LogP contribution in [0.1, 0.15) is 31.0 Å². The average molecular weight is 356 g/mol. The first kappa shape index (κ1) is 18.1. The molecule has 0 spiro atoms. The van der Waals surface area contributed by atoms with Crippen molar-refractivity contribution in [3.63, 3.8) is 0 Å². The molecule has 0 N–H and O–H groups in total. The molecule has 0 radical (unpaired) electrons. The van der Waals surface area contributed by atoms with Gasteiger partial charge in [0.15, 0.2) is 0 Å². The molecule has 0 saturated heterocycles. The molecule has 0 unspecified atom stereocenters. The largest absolute Gasteiger partial charge is 0.496 e. The van der Waals surface area contributed by atoms with Gasteiger partial charge in [0.2, 0.25) is 0 Å². The molecule has 5 heteroatoms. The van der Waals surface area contributed by atoms with Crippen molar-refractivity contribution in [2.45, 2.75) is 32.7 Å². The monoisotopic (exact) mass is 356 g/mol. The Bertz CT molecular complexity index is 903. The van der Waals surface area contributed by atoms with E-state index in [9.17, 15) is 8.78 Å². The lowest BCUT2D eigenvalue weighted by Gasteiger charge is -2.14. The van der Waals surface area contributed by atoms with Crippen LogP contribution in [0.2, 0.25) is 0 Å². The molecule has 1 heterocycles. The van der Waals surface area contributed by atoms with Gasteiger partial charge in [-0.25, -0.2) is 13.8 Å². The van der Waals surface area contributed by atoms with Crippen molar-refractivity contribution in [2.24, 2.45) is 0 Å². The number of aryl methyl sites for hydroxylation is 2. The number of ether oxygens (including phenoxy) is 1. The van der Waals surface area contributed by atoms with Crippen molar-refractivity contribution in [3.05, 3.63) is 71.7 Å². The second-order valence-electron chi connectivity index (χ2n) is 6.51. The minimum absolute atomic E-state index is 0.148. The Balaban J connectivity index is 1.93. The fourth-order valence-electron chi connectivity index (χ4n) is 3.21. The summed E-state index contributed by atoms with van der Waals surface area (Å²) < 4.78 is 34.9. The highest BCUT2D eigenvalue weighted by molar-refractivity contribution is 5.63. The SMILES string of the molecule is COc1ccccc1CCn1cnc(-c2ccc(F)cc2F)c1C(C)C. The fourth-order valence-corrected chi connectivity index (χ4v) is 3.21. The predicted molar refractivity (Wildman–Crippen MR) is 98.4 cm³/mol. The highest BCUT2D eigenvalue weighted by atomic mass is 19.1. The first-order valence-electron chi connectivity index (χ1n) is 8.63. The van der Waals surface area contributed by atoms with Gasteiger partial charge in [-0.1, -0.05) is 32.0 Å². The van der Waals surface area contributed by atoms with Crippen molar-refractivity contribution in [1.29, 1.82) is 0 Å². The van der Waals surface area contributed by atoms with Crippen LogP contribution in [0.3, 0.4) is 0 Å². The zero-order chi connectivity index (χ0) is 18.7. The maximum absolute atomic E-state index is 14.2. The van der Waals surface area contributed by atoms with Crippen LogP contribution in [0, 0.1) is 11.6 Å². The van der Waals surface area contributed by atoms with E-state index in [0.717, 1.165) is 29.5 Å². The molecule has 0 aliphatic heterocycles. The van der Waals surface area contributed by atoms with Crippen LogP contribution in [-0.2, 0) is 13.0 Å². The molecule has 0 aliphatic carbocycles. The number of imidazole rings is 1. The van der Waals surface area contributed by atoms with Crippen molar-refractivity contribution >= 4 is 0 Å². The van der Waals surface area contributed by atoms with Crippen LogP contribution < -0.4 is 4.74 Å². The number of nitrogens with zero attached hydrogens (tertiary/aromatic N) is 2. The van der Waals surface area contributed by atoms with Gasteiger partial charge in [0, 0.05) is 23.9 Å². The van der Waals surface area contributed by atoms with E-state index >= 15 is 0 Å². The predicted octanol–water partition coefficient (Wildman–Crippen LogP) is 5.20. The maximum Gasteiger partial charge on any atom is 0.135 e. The van der Waals surface area contributed by atoms with Gasteiger partial charge >= 0.3 is 0 Å². The van der Waals surface area contributed by atoms with Crippen LogP contribution in [0.15, 0.2) is 48.8 Å². The minimum atomic E-state index is -0.595. The molecule has 0 amide bonds. The molecule has 0 fully saturated rings. The molecule has 0 aliphatic rings. The quantitative estimate of drug-likeness (QED) is 0.607. The molecule has 3 rings (SSSR count). The van der Waals surface area contributed by atoms with Crippen molar-refractivity contribution in [3.8, 4) is 17.0 Å².